The first-order valence-corrected chi connectivity index (χ1v) is 4.46. The van der Waals surface area contributed by atoms with Crippen LogP contribution in [0.15, 0.2) is 6.07 Å². The molecule has 1 rings (SSSR count). The van der Waals surface area contributed by atoms with Gasteiger partial charge in [-0.15, -0.1) is 0 Å². The average Bonchev–Trinajstić information content (AvgIpc) is 2.14. The number of hydrogen-bond donors (Lipinski definition) is 1. The summed E-state index contributed by atoms with van der Waals surface area (Å²) in [6, 6.07) is 1.36. The molecule has 1 aromatic carbocycles. The molecule has 1 N–H and O–H groups in total. The molecule has 0 bridgehead atoms. The molecular weight excluding hydrogens is 214 g/mol. The Morgan fingerprint density at radius 3 is 2.44 bits per heavy atom. The van der Waals surface area contributed by atoms with Crippen LogP contribution in [0, 0.1) is 24.0 Å². The van der Waals surface area contributed by atoms with E-state index in [1.165, 1.54) is 20.1 Å². The smallest absolute Gasteiger partial charge is 0.340 e. The van der Waals surface area contributed by atoms with Crippen LogP contribution >= 0.6 is 0 Å². The van der Waals surface area contributed by atoms with Gasteiger partial charge in [0.1, 0.15) is 11.3 Å². The van der Waals surface area contributed by atoms with Gasteiger partial charge in [0.15, 0.2) is 0 Å². The van der Waals surface area contributed by atoms with Gasteiger partial charge in [-0.2, -0.15) is 0 Å². The van der Waals surface area contributed by atoms with Crippen molar-refractivity contribution in [3.8, 4) is 5.75 Å². The van der Waals surface area contributed by atoms with Crippen molar-refractivity contribution in [2.75, 3.05) is 7.11 Å². The van der Waals surface area contributed by atoms with E-state index in [0.29, 0.717) is 5.56 Å². The molecule has 1 aromatic rings. The molecular formula is C10H11NO5. The Bertz CT molecular complexity index is 467. The molecule has 0 atom stereocenters. The lowest BCUT2D eigenvalue weighted by atomic mass is 10.0. The number of nitrogens with zero attached hydrogens (tertiary/aromatic N) is 1. The summed E-state index contributed by atoms with van der Waals surface area (Å²) in [6.45, 7) is 2.94. The summed E-state index contributed by atoms with van der Waals surface area (Å²) in [4.78, 5) is 21.2. The highest BCUT2D eigenvalue weighted by molar-refractivity contribution is 5.94. The Kier molecular flexibility index (Phi) is 3.12. The Morgan fingerprint density at radius 1 is 1.50 bits per heavy atom. The largest absolute Gasteiger partial charge is 0.496 e. The van der Waals surface area contributed by atoms with Crippen molar-refractivity contribution in [2.45, 2.75) is 13.8 Å². The summed E-state index contributed by atoms with van der Waals surface area (Å²) >= 11 is 0. The van der Waals surface area contributed by atoms with E-state index in [4.69, 9.17) is 9.84 Å². The maximum absolute atomic E-state index is 11.0. The lowest BCUT2D eigenvalue weighted by Gasteiger charge is -2.10. The molecule has 0 unspecified atom stereocenters. The number of methoxy groups -OCH3 is 1. The zero-order chi connectivity index (χ0) is 12.5. The molecule has 0 heterocycles. The number of carboxylic acid groups (broad SMARTS) is 1. The molecule has 0 saturated heterocycles. The lowest BCUT2D eigenvalue weighted by Crippen LogP contribution is -2.07. The summed E-state index contributed by atoms with van der Waals surface area (Å²) < 4.78 is 4.90. The molecule has 6 nitrogen and oxygen atoms in total. The van der Waals surface area contributed by atoms with Gasteiger partial charge in [0.25, 0.3) is 5.69 Å². The molecule has 0 aromatic heterocycles. The van der Waals surface area contributed by atoms with Gasteiger partial charge in [-0.1, -0.05) is 0 Å². The van der Waals surface area contributed by atoms with Gasteiger partial charge in [-0.3, -0.25) is 10.1 Å². The van der Waals surface area contributed by atoms with Gasteiger partial charge in [-0.25, -0.2) is 4.79 Å². The molecule has 0 aliphatic heterocycles. The summed E-state index contributed by atoms with van der Waals surface area (Å²) in [5, 5.41) is 19.8. The molecule has 0 saturated carbocycles. The number of rotatable bonds is 3. The number of benzene rings is 1. The van der Waals surface area contributed by atoms with Crippen LogP contribution in [0.5, 0.6) is 5.75 Å². The molecule has 0 aliphatic rings. The number of aryl methyl sites for hydroxylation is 1. The molecule has 0 aliphatic carbocycles. The van der Waals surface area contributed by atoms with Gasteiger partial charge < -0.3 is 9.84 Å². The third kappa shape index (κ3) is 1.81. The lowest BCUT2D eigenvalue weighted by molar-refractivity contribution is -0.386. The van der Waals surface area contributed by atoms with Crippen molar-refractivity contribution in [2.24, 2.45) is 0 Å². The van der Waals surface area contributed by atoms with Crippen LogP contribution < -0.4 is 4.74 Å². The first-order valence-electron chi connectivity index (χ1n) is 4.46. The summed E-state index contributed by atoms with van der Waals surface area (Å²) in [7, 11) is 1.33. The van der Waals surface area contributed by atoms with E-state index < -0.39 is 10.9 Å². The summed E-state index contributed by atoms with van der Waals surface area (Å²) in [5.41, 5.74) is 0.136. The Hall–Kier alpha value is -2.11. The first-order chi connectivity index (χ1) is 7.40. The normalized spacial score (nSPS) is 9.94. The molecule has 0 radical (unpaired) electrons. The van der Waals surface area contributed by atoms with Crippen molar-refractivity contribution >= 4 is 11.7 Å². The topological polar surface area (TPSA) is 89.7 Å². The average molecular weight is 225 g/mol. The molecule has 86 valence electrons. The predicted molar refractivity (Wildman–Crippen MR) is 56.1 cm³/mol. The molecule has 0 spiro atoms. The minimum atomic E-state index is -1.24. The Morgan fingerprint density at radius 2 is 2.06 bits per heavy atom. The van der Waals surface area contributed by atoms with Gasteiger partial charge in [0.05, 0.1) is 12.0 Å². The predicted octanol–water partition coefficient (Wildman–Crippen LogP) is 1.92. The maximum Gasteiger partial charge on any atom is 0.340 e. The third-order valence-electron chi connectivity index (χ3n) is 2.31. The van der Waals surface area contributed by atoms with Crippen molar-refractivity contribution in [3.05, 3.63) is 32.9 Å². The van der Waals surface area contributed by atoms with Gasteiger partial charge >= 0.3 is 5.97 Å². The quantitative estimate of drug-likeness (QED) is 0.626. The van der Waals surface area contributed by atoms with Gasteiger partial charge in [0, 0.05) is 11.1 Å². The fourth-order valence-corrected chi connectivity index (χ4v) is 1.64. The van der Waals surface area contributed by atoms with Gasteiger partial charge in [0.2, 0.25) is 0 Å². The van der Waals surface area contributed by atoms with E-state index in [1.54, 1.807) is 6.92 Å². The van der Waals surface area contributed by atoms with E-state index in [-0.39, 0.29) is 22.6 Å². The zero-order valence-corrected chi connectivity index (χ0v) is 9.10. The fourth-order valence-electron chi connectivity index (χ4n) is 1.64. The van der Waals surface area contributed by atoms with Crippen LogP contribution in [-0.2, 0) is 0 Å². The molecule has 16 heavy (non-hydrogen) atoms. The maximum atomic E-state index is 11.0. The third-order valence-corrected chi connectivity index (χ3v) is 2.31. The van der Waals surface area contributed by atoms with E-state index >= 15 is 0 Å². The Balaban J connectivity index is 3.65. The van der Waals surface area contributed by atoms with E-state index in [0.717, 1.165) is 0 Å². The van der Waals surface area contributed by atoms with Crippen LogP contribution in [0.2, 0.25) is 0 Å². The zero-order valence-electron chi connectivity index (χ0n) is 9.10. The van der Waals surface area contributed by atoms with Crippen LogP contribution in [0.3, 0.4) is 0 Å². The van der Waals surface area contributed by atoms with Crippen LogP contribution in [0.25, 0.3) is 0 Å². The SMILES string of the molecule is COc1cc(C)c([N+](=O)[O-])c(C)c1C(=O)O. The number of hydrogen-bond acceptors (Lipinski definition) is 4. The highest BCUT2D eigenvalue weighted by Gasteiger charge is 2.25. The minimum Gasteiger partial charge on any atom is -0.496 e. The van der Waals surface area contributed by atoms with Crippen molar-refractivity contribution in [1.29, 1.82) is 0 Å². The second-order valence-corrected chi connectivity index (χ2v) is 3.31. The monoisotopic (exact) mass is 225 g/mol. The molecule has 0 fully saturated rings. The highest BCUT2D eigenvalue weighted by atomic mass is 16.6. The van der Waals surface area contributed by atoms with E-state index in [2.05, 4.69) is 0 Å². The molecule has 0 amide bonds. The summed E-state index contributed by atoms with van der Waals surface area (Å²) in [6.07, 6.45) is 0. The fraction of sp³-hybridized carbons (Fsp3) is 0.300. The van der Waals surface area contributed by atoms with Crippen LogP contribution in [0.4, 0.5) is 5.69 Å². The number of carboxylic acids is 1. The van der Waals surface area contributed by atoms with Gasteiger partial charge in [-0.05, 0) is 19.9 Å². The Labute approximate surface area is 91.6 Å². The first kappa shape index (κ1) is 12.0. The number of carbonyl (C=O) groups is 1. The van der Waals surface area contributed by atoms with Crippen LogP contribution in [0.1, 0.15) is 21.5 Å². The van der Waals surface area contributed by atoms with E-state index in [9.17, 15) is 14.9 Å². The standard InChI is InChI=1S/C10H11NO5/c1-5-4-7(16-3)8(10(12)13)6(2)9(5)11(14)15/h4H,1-3H3,(H,12,13). The number of aromatic carboxylic acids is 1. The second-order valence-electron chi connectivity index (χ2n) is 3.31. The van der Waals surface area contributed by atoms with Crippen molar-refractivity contribution in [1.82, 2.24) is 0 Å². The highest BCUT2D eigenvalue weighted by Crippen LogP contribution is 2.33. The minimum absolute atomic E-state index is 0.106. The molecule has 6 heteroatoms. The number of nitro benzene ring substituents is 1. The van der Waals surface area contributed by atoms with Crippen LogP contribution in [-0.4, -0.2) is 23.1 Å². The number of ether oxygens (including phenoxy) is 1. The summed E-state index contributed by atoms with van der Waals surface area (Å²) in [5.74, 6) is -1.11. The number of nitro groups is 1. The van der Waals surface area contributed by atoms with Crippen molar-refractivity contribution in [3.63, 3.8) is 0 Å². The second kappa shape index (κ2) is 4.18. The van der Waals surface area contributed by atoms with E-state index in [1.807, 2.05) is 0 Å². The van der Waals surface area contributed by atoms with Crippen molar-refractivity contribution < 1.29 is 19.6 Å².